The summed E-state index contributed by atoms with van der Waals surface area (Å²) in [5.74, 6) is -0.388. The largest absolute Gasteiger partial charge is 1.00 e. The first kappa shape index (κ1) is 19.7. The molecule has 2 heterocycles. The molecule has 0 saturated heterocycles. The highest BCUT2D eigenvalue weighted by molar-refractivity contribution is 5.94. The number of H-pyrrole nitrogens is 1. The second-order valence-corrected chi connectivity index (χ2v) is 4.98. The summed E-state index contributed by atoms with van der Waals surface area (Å²) >= 11 is 0. The van der Waals surface area contributed by atoms with Gasteiger partial charge in [0.15, 0.2) is 24.8 Å². The lowest BCUT2D eigenvalue weighted by Gasteiger charge is -2.00. The maximum atomic E-state index is 12.9. The minimum absolute atomic E-state index is 0. The molecule has 3 rings (SSSR count). The van der Waals surface area contributed by atoms with E-state index < -0.39 is 0 Å². The number of hydrogen-bond donors (Lipinski definition) is 0. The summed E-state index contributed by atoms with van der Waals surface area (Å²) < 4.78 is 14.7. The zero-order valence-electron chi connectivity index (χ0n) is 12.6. The van der Waals surface area contributed by atoms with E-state index in [1.54, 1.807) is 0 Å². The summed E-state index contributed by atoms with van der Waals surface area (Å²) in [6.07, 6.45) is 7.48. The summed E-state index contributed by atoms with van der Waals surface area (Å²) in [6, 6.07) is 13.5. The van der Waals surface area contributed by atoms with E-state index in [1.165, 1.54) is 24.3 Å². The van der Waals surface area contributed by atoms with Gasteiger partial charge in [0.1, 0.15) is 5.82 Å². The lowest BCUT2D eigenvalue weighted by atomic mass is 10.1. The maximum Gasteiger partial charge on any atom is 0.227 e. The minimum atomic E-state index is -0.339. The number of rotatable bonds is 4. The van der Waals surface area contributed by atoms with Gasteiger partial charge >= 0.3 is 0 Å². The number of nitrogens with one attached hydrogen (secondary N) is 1. The first-order valence-electron chi connectivity index (χ1n) is 6.97. The zero-order valence-corrected chi connectivity index (χ0v) is 14.1. The molecule has 1 aromatic carbocycles. The van der Waals surface area contributed by atoms with Gasteiger partial charge < -0.3 is 24.8 Å². The van der Waals surface area contributed by atoms with Gasteiger partial charge in [0.25, 0.3) is 0 Å². The summed E-state index contributed by atoms with van der Waals surface area (Å²) in [4.78, 5) is 15.1. The number of hydrogen-bond acceptors (Lipinski definition) is 1. The van der Waals surface area contributed by atoms with Gasteiger partial charge in [-0.2, -0.15) is 4.57 Å². The standard InChI is InChI=1S/C18H14FN2O.2ClH/c19-17-3-1-16(2-4-17)18(22)13-21-11-7-15(8-12-21)14-5-9-20-10-6-14;;/h1-12H,13H2;2*1H/q+1;;/p-1. The Morgan fingerprint density at radius 1 is 0.875 bits per heavy atom. The minimum Gasteiger partial charge on any atom is -1.00 e. The van der Waals surface area contributed by atoms with Crippen LogP contribution in [-0.2, 0) is 6.54 Å². The topological polar surface area (TPSA) is 35.1 Å². The van der Waals surface area contributed by atoms with Crippen LogP contribution in [0.5, 0.6) is 0 Å². The van der Waals surface area contributed by atoms with E-state index in [4.69, 9.17) is 0 Å². The fraction of sp³-hybridized carbons (Fsp3) is 0.0556. The average molecular weight is 365 g/mol. The third-order valence-corrected chi connectivity index (χ3v) is 3.44. The molecule has 24 heavy (non-hydrogen) atoms. The molecule has 0 fully saturated rings. The molecule has 0 radical (unpaired) electrons. The predicted octanol–water partition coefficient (Wildman–Crippen LogP) is -3.51. The molecule has 3 nitrogen and oxygen atoms in total. The number of pyridine rings is 2. The van der Waals surface area contributed by atoms with Crippen LogP contribution in [0.4, 0.5) is 4.39 Å². The Morgan fingerprint density at radius 2 is 1.42 bits per heavy atom. The lowest BCUT2D eigenvalue weighted by molar-refractivity contribution is -0.683. The molecule has 0 saturated carbocycles. The van der Waals surface area contributed by atoms with Crippen molar-refractivity contribution in [1.82, 2.24) is 0 Å². The van der Waals surface area contributed by atoms with Gasteiger partial charge in [-0.3, -0.25) is 4.79 Å². The van der Waals surface area contributed by atoms with Crippen molar-refractivity contribution in [2.75, 3.05) is 0 Å². The number of aromatic nitrogens is 2. The van der Waals surface area contributed by atoms with Crippen LogP contribution < -0.4 is 34.4 Å². The molecule has 0 atom stereocenters. The molecule has 0 spiro atoms. The van der Waals surface area contributed by atoms with Crippen molar-refractivity contribution in [1.29, 1.82) is 0 Å². The molecule has 0 bridgehead atoms. The van der Waals surface area contributed by atoms with Gasteiger partial charge in [0.2, 0.25) is 12.3 Å². The predicted molar refractivity (Wildman–Crippen MR) is 79.4 cm³/mol. The highest BCUT2D eigenvalue weighted by atomic mass is 35.5. The van der Waals surface area contributed by atoms with Crippen LogP contribution in [0.2, 0.25) is 0 Å². The number of carbonyl (C=O) groups is 1. The molecular weight excluding hydrogens is 350 g/mol. The van der Waals surface area contributed by atoms with Crippen molar-refractivity contribution < 1.29 is 43.6 Å². The van der Waals surface area contributed by atoms with Crippen molar-refractivity contribution in [3.63, 3.8) is 0 Å². The third kappa shape index (κ3) is 4.85. The van der Waals surface area contributed by atoms with Crippen molar-refractivity contribution in [3.05, 3.63) is 84.7 Å². The van der Waals surface area contributed by atoms with Crippen molar-refractivity contribution in [2.24, 2.45) is 0 Å². The van der Waals surface area contributed by atoms with Crippen LogP contribution in [0.15, 0.2) is 73.3 Å². The Bertz CT molecular complexity index is 778. The highest BCUT2D eigenvalue weighted by Crippen LogP contribution is 2.15. The van der Waals surface area contributed by atoms with Crippen LogP contribution in [0, 0.1) is 5.82 Å². The Hall–Kier alpha value is -2.30. The van der Waals surface area contributed by atoms with Crippen molar-refractivity contribution in [2.45, 2.75) is 6.54 Å². The molecule has 0 aliphatic rings. The van der Waals surface area contributed by atoms with E-state index in [1.807, 2.05) is 53.6 Å². The normalized spacial score (nSPS) is 9.54. The lowest BCUT2D eigenvalue weighted by Crippen LogP contribution is -3.00. The second kappa shape index (κ2) is 9.11. The fourth-order valence-electron chi connectivity index (χ4n) is 2.23. The number of Topliss-reactive ketones (excluding diaryl/α,β-unsaturated/α-hetero) is 1. The van der Waals surface area contributed by atoms with E-state index in [0.717, 1.165) is 11.1 Å². The fourth-order valence-corrected chi connectivity index (χ4v) is 2.23. The van der Waals surface area contributed by atoms with E-state index in [-0.39, 0.29) is 43.0 Å². The van der Waals surface area contributed by atoms with Gasteiger partial charge in [0, 0.05) is 29.8 Å². The number of benzene rings is 1. The van der Waals surface area contributed by atoms with E-state index in [2.05, 4.69) is 4.98 Å². The molecule has 124 valence electrons. The number of ketones is 1. The van der Waals surface area contributed by atoms with E-state index in [0.29, 0.717) is 5.56 Å². The highest BCUT2D eigenvalue weighted by Gasteiger charge is 2.12. The zero-order chi connectivity index (χ0) is 15.4. The Balaban J connectivity index is 0.00000144. The Morgan fingerprint density at radius 3 is 2.00 bits per heavy atom. The molecule has 2 aromatic heterocycles. The molecule has 1 N–H and O–H groups in total. The van der Waals surface area contributed by atoms with Crippen LogP contribution >= 0.6 is 0 Å². The Labute approximate surface area is 152 Å². The van der Waals surface area contributed by atoms with Crippen molar-refractivity contribution >= 4 is 5.78 Å². The first-order chi connectivity index (χ1) is 10.7. The SMILES string of the molecule is O=C(C[n+]1ccc(-c2cc[nH+]cc2)cc1)c1ccc(F)cc1.[Cl-].[Cl-]. The van der Waals surface area contributed by atoms with Gasteiger partial charge in [-0.05, 0) is 35.4 Å². The molecular formula is C18H15Cl2FN2O. The monoisotopic (exact) mass is 364 g/mol. The number of nitrogens with zero attached hydrogens (tertiary/aromatic N) is 1. The van der Waals surface area contributed by atoms with Gasteiger partial charge in [-0.25, -0.2) is 9.37 Å². The number of halogens is 3. The maximum absolute atomic E-state index is 12.9. The van der Waals surface area contributed by atoms with Gasteiger partial charge in [-0.1, -0.05) is 0 Å². The quantitative estimate of drug-likeness (QED) is 0.349. The summed E-state index contributed by atoms with van der Waals surface area (Å²) in [5.41, 5.74) is 2.70. The molecule has 0 unspecified atom stereocenters. The summed E-state index contributed by atoms with van der Waals surface area (Å²) in [7, 11) is 0. The number of carbonyl (C=O) groups excluding carboxylic acids is 1. The molecule has 0 aliphatic heterocycles. The summed E-state index contributed by atoms with van der Waals surface area (Å²) in [6.45, 7) is 0.231. The first-order valence-corrected chi connectivity index (χ1v) is 6.97. The Kier molecular flexibility index (Phi) is 7.49. The summed E-state index contributed by atoms with van der Waals surface area (Å²) in [5, 5.41) is 0. The van der Waals surface area contributed by atoms with Crippen LogP contribution in [0.25, 0.3) is 11.1 Å². The third-order valence-electron chi connectivity index (χ3n) is 3.44. The van der Waals surface area contributed by atoms with Crippen molar-refractivity contribution in [3.8, 4) is 11.1 Å². The molecule has 6 heteroatoms. The molecule has 3 aromatic rings. The molecule has 0 aliphatic carbocycles. The van der Waals surface area contributed by atoms with Gasteiger partial charge in [-0.15, -0.1) is 0 Å². The number of aromatic amines is 1. The second-order valence-electron chi connectivity index (χ2n) is 4.98. The van der Waals surface area contributed by atoms with Crippen LogP contribution in [0.3, 0.4) is 0 Å². The van der Waals surface area contributed by atoms with E-state index >= 15 is 0 Å². The smallest absolute Gasteiger partial charge is 0.227 e. The van der Waals surface area contributed by atoms with Gasteiger partial charge in [0.05, 0.1) is 0 Å². The molecule has 0 amide bonds. The van der Waals surface area contributed by atoms with Crippen LogP contribution in [-0.4, -0.2) is 5.78 Å². The van der Waals surface area contributed by atoms with E-state index in [9.17, 15) is 9.18 Å². The average Bonchev–Trinajstić information content (AvgIpc) is 2.57. The van der Waals surface area contributed by atoms with Crippen LogP contribution in [0.1, 0.15) is 10.4 Å².